The van der Waals surface area contributed by atoms with Gasteiger partial charge in [0, 0.05) is 12.8 Å². The SMILES string of the molecule is CC/C=C\C/C=C\C/C=C\CCCCCCCC(=O)OC(COC(=O)CCCCCCC/C=C\CCCCCCC)COP(=O)(O)O. The highest BCUT2D eigenvalue weighted by atomic mass is 31.2. The summed E-state index contributed by atoms with van der Waals surface area (Å²) in [5, 5.41) is 0. The van der Waals surface area contributed by atoms with Gasteiger partial charge >= 0.3 is 19.8 Å². The molecule has 0 saturated heterocycles. The lowest BCUT2D eigenvalue weighted by Gasteiger charge is -2.18. The minimum absolute atomic E-state index is 0.189. The van der Waals surface area contributed by atoms with Crippen molar-refractivity contribution in [1.29, 1.82) is 0 Å². The maximum absolute atomic E-state index is 12.3. The Kier molecular flexibility index (Phi) is 32.5. The molecule has 1 unspecified atom stereocenters. The van der Waals surface area contributed by atoms with Crippen LogP contribution in [0.25, 0.3) is 0 Å². The Hall–Kier alpha value is -1.99. The van der Waals surface area contributed by atoms with Crippen LogP contribution in [0.1, 0.15) is 162 Å². The summed E-state index contributed by atoms with van der Waals surface area (Å²) in [6.07, 6.45) is 39.7. The fourth-order valence-electron chi connectivity index (χ4n) is 4.85. The van der Waals surface area contributed by atoms with Crippen LogP contribution in [0.5, 0.6) is 0 Å². The van der Waals surface area contributed by atoms with E-state index in [1.165, 1.54) is 38.5 Å². The Bertz CT molecular complexity index is 905. The summed E-state index contributed by atoms with van der Waals surface area (Å²) in [4.78, 5) is 42.7. The van der Waals surface area contributed by atoms with E-state index < -0.39 is 32.5 Å². The molecule has 0 aliphatic rings. The van der Waals surface area contributed by atoms with Crippen LogP contribution in [0.3, 0.4) is 0 Å². The highest BCUT2D eigenvalue weighted by Crippen LogP contribution is 2.36. The summed E-state index contributed by atoms with van der Waals surface area (Å²) < 4.78 is 26.3. The maximum Gasteiger partial charge on any atom is 0.469 e. The van der Waals surface area contributed by atoms with Crippen molar-refractivity contribution in [2.75, 3.05) is 13.2 Å². The van der Waals surface area contributed by atoms with E-state index in [0.717, 1.165) is 83.5 Å². The van der Waals surface area contributed by atoms with Gasteiger partial charge in [-0.1, -0.05) is 127 Å². The zero-order chi connectivity index (χ0) is 34.7. The van der Waals surface area contributed by atoms with Crippen molar-refractivity contribution in [3.05, 3.63) is 48.6 Å². The van der Waals surface area contributed by atoms with E-state index in [1.807, 2.05) is 0 Å². The van der Waals surface area contributed by atoms with Crippen molar-refractivity contribution in [1.82, 2.24) is 0 Å². The molecular formula is C38H67O8P. The van der Waals surface area contributed by atoms with Crippen molar-refractivity contribution in [3.8, 4) is 0 Å². The van der Waals surface area contributed by atoms with Gasteiger partial charge in [0.05, 0.1) is 6.61 Å². The Balaban J connectivity index is 4.03. The van der Waals surface area contributed by atoms with E-state index in [1.54, 1.807) is 0 Å². The van der Waals surface area contributed by atoms with Crippen LogP contribution in [0.2, 0.25) is 0 Å². The number of hydrogen-bond acceptors (Lipinski definition) is 6. The van der Waals surface area contributed by atoms with Crippen molar-refractivity contribution in [2.24, 2.45) is 0 Å². The third kappa shape index (κ3) is 36.7. The first kappa shape index (κ1) is 45.0. The molecule has 0 radical (unpaired) electrons. The van der Waals surface area contributed by atoms with E-state index in [4.69, 9.17) is 19.3 Å². The van der Waals surface area contributed by atoms with Gasteiger partial charge in [-0.15, -0.1) is 0 Å². The van der Waals surface area contributed by atoms with Gasteiger partial charge in [-0.2, -0.15) is 0 Å². The van der Waals surface area contributed by atoms with E-state index >= 15 is 0 Å². The average Bonchev–Trinajstić information content (AvgIpc) is 3.03. The average molecular weight is 683 g/mol. The van der Waals surface area contributed by atoms with Gasteiger partial charge < -0.3 is 19.3 Å². The van der Waals surface area contributed by atoms with Gasteiger partial charge in [0.25, 0.3) is 0 Å². The molecule has 0 saturated carbocycles. The summed E-state index contributed by atoms with van der Waals surface area (Å²) >= 11 is 0. The summed E-state index contributed by atoms with van der Waals surface area (Å²) in [5.41, 5.74) is 0. The molecular weight excluding hydrogens is 615 g/mol. The number of allylic oxidation sites excluding steroid dienone is 8. The monoisotopic (exact) mass is 682 g/mol. The first-order chi connectivity index (χ1) is 22.8. The smallest absolute Gasteiger partial charge is 0.462 e. The number of carbonyl (C=O) groups excluding carboxylic acids is 2. The lowest BCUT2D eigenvalue weighted by molar-refractivity contribution is -0.161. The van der Waals surface area contributed by atoms with Gasteiger partial charge in [-0.05, 0) is 70.6 Å². The third-order valence-electron chi connectivity index (χ3n) is 7.58. The van der Waals surface area contributed by atoms with Gasteiger partial charge in [-0.3, -0.25) is 14.1 Å². The van der Waals surface area contributed by atoms with Crippen molar-refractivity contribution in [2.45, 2.75) is 168 Å². The molecule has 0 rings (SSSR count). The number of phosphoric acid groups is 1. The van der Waals surface area contributed by atoms with Gasteiger partial charge in [0.15, 0.2) is 6.10 Å². The summed E-state index contributed by atoms with van der Waals surface area (Å²) in [6, 6.07) is 0. The first-order valence-electron chi connectivity index (χ1n) is 18.4. The molecule has 0 bridgehead atoms. The van der Waals surface area contributed by atoms with Crippen LogP contribution >= 0.6 is 7.82 Å². The molecule has 0 heterocycles. The highest BCUT2D eigenvalue weighted by molar-refractivity contribution is 7.46. The predicted molar refractivity (Wildman–Crippen MR) is 193 cm³/mol. The van der Waals surface area contributed by atoms with E-state index in [2.05, 4.69) is 67.0 Å². The van der Waals surface area contributed by atoms with Crippen LogP contribution in [0, 0.1) is 0 Å². The standard InChI is InChI=1S/C38H67O8P/c1-3-5-7-9-11-13-15-17-19-21-23-25-27-29-31-33-38(40)46-36(35-45-47(41,42)43)34-44-37(39)32-30-28-26-24-22-20-18-16-14-12-10-8-6-4-2/h5,7,11,13,16-19,36H,3-4,6,8-10,12,14-15,20-35H2,1-2H3,(H2,41,42,43)/b7-5-,13-11-,18-16-,19-17-. The molecule has 0 aliphatic heterocycles. The number of phosphoric ester groups is 1. The molecule has 47 heavy (non-hydrogen) atoms. The zero-order valence-electron chi connectivity index (χ0n) is 29.7. The fourth-order valence-corrected chi connectivity index (χ4v) is 5.21. The summed E-state index contributed by atoms with van der Waals surface area (Å²) in [7, 11) is -4.76. The van der Waals surface area contributed by atoms with E-state index in [-0.39, 0.29) is 19.4 Å². The molecule has 8 nitrogen and oxygen atoms in total. The molecule has 1 atom stereocenters. The largest absolute Gasteiger partial charge is 0.469 e. The molecule has 0 aliphatic carbocycles. The maximum atomic E-state index is 12.3. The fraction of sp³-hybridized carbons (Fsp3) is 0.737. The molecule has 0 aromatic carbocycles. The lowest BCUT2D eigenvalue weighted by Crippen LogP contribution is -2.29. The van der Waals surface area contributed by atoms with Crippen molar-refractivity contribution >= 4 is 19.8 Å². The summed E-state index contributed by atoms with van der Waals surface area (Å²) in [5.74, 6) is -0.918. The van der Waals surface area contributed by atoms with Crippen LogP contribution < -0.4 is 0 Å². The van der Waals surface area contributed by atoms with E-state index in [0.29, 0.717) is 12.8 Å². The quantitative estimate of drug-likeness (QED) is 0.0304. The second kappa shape index (κ2) is 33.9. The third-order valence-corrected chi connectivity index (χ3v) is 8.07. The number of unbranched alkanes of at least 4 members (excludes halogenated alkanes) is 15. The van der Waals surface area contributed by atoms with Crippen molar-refractivity contribution < 1.29 is 37.9 Å². The molecule has 272 valence electrons. The topological polar surface area (TPSA) is 119 Å². The Morgan fingerprint density at radius 1 is 0.574 bits per heavy atom. The zero-order valence-corrected chi connectivity index (χ0v) is 30.6. The second-order valence-electron chi connectivity index (χ2n) is 12.2. The summed E-state index contributed by atoms with van der Waals surface area (Å²) in [6.45, 7) is 3.52. The molecule has 0 aromatic heterocycles. The molecule has 0 spiro atoms. The number of esters is 2. The van der Waals surface area contributed by atoms with Gasteiger partial charge in [-0.25, -0.2) is 4.57 Å². The number of carbonyl (C=O) groups is 2. The molecule has 0 aromatic rings. The first-order valence-corrected chi connectivity index (χ1v) is 20.0. The Morgan fingerprint density at radius 3 is 1.55 bits per heavy atom. The minimum Gasteiger partial charge on any atom is -0.462 e. The second-order valence-corrected chi connectivity index (χ2v) is 13.4. The van der Waals surface area contributed by atoms with Crippen LogP contribution in [-0.4, -0.2) is 41.0 Å². The van der Waals surface area contributed by atoms with Gasteiger partial charge in [0.1, 0.15) is 6.61 Å². The van der Waals surface area contributed by atoms with Crippen LogP contribution in [-0.2, 0) is 28.2 Å². The van der Waals surface area contributed by atoms with Crippen LogP contribution in [0.4, 0.5) is 0 Å². The predicted octanol–water partition coefficient (Wildman–Crippen LogP) is 10.8. The normalized spacial score (nSPS) is 13.0. The number of rotatable bonds is 33. The Morgan fingerprint density at radius 2 is 1.02 bits per heavy atom. The number of ether oxygens (including phenoxy) is 2. The highest BCUT2D eigenvalue weighted by Gasteiger charge is 2.22. The van der Waals surface area contributed by atoms with Crippen molar-refractivity contribution in [3.63, 3.8) is 0 Å². The minimum atomic E-state index is -4.76. The molecule has 0 fully saturated rings. The number of hydrogen-bond donors (Lipinski definition) is 2. The van der Waals surface area contributed by atoms with Crippen LogP contribution in [0.15, 0.2) is 48.6 Å². The molecule has 0 amide bonds. The van der Waals surface area contributed by atoms with Gasteiger partial charge in [0.2, 0.25) is 0 Å². The lowest BCUT2D eigenvalue weighted by atomic mass is 10.1. The Labute approximate surface area is 286 Å². The molecule has 9 heteroatoms. The molecule has 2 N–H and O–H groups in total. The van der Waals surface area contributed by atoms with E-state index in [9.17, 15) is 14.2 Å².